The maximum absolute atomic E-state index is 6.93. The fourth-order valence-electron chi connectivity index (χ4n) is 1.44. The van der Waals surface area contributed by atoms with Crippen molar-refractivity contribution in [3.63, 3.8) is 0 Å². The van der Waals surface area contributed by atoms with Gasteiger partial charge in [0.25, 0.3) is 0 Å². The van der Waals surface area contributed by atoms with Gasteiger partial charge < -0.3 is 9.64 Å². The summed E-state index contributed by atoms with van der Waals surface area (Å²) >= 11 is 0. The highest BCUT2D eigenvalue weighted by atomic mass is 16.5. The van der Waals surface area contributed by atoms with E-state index in [2.05, 4.69) is 15.8 Å². The summed E-state index contributed by atoms with van der Waals surface area (Å²) < 4.78 is 5.25. The minimum Gasteiger partial charge on any atom is -0.378 e. The minimum absolute atomic E-state index is 0.710. The van der Waals surface area contributed by atoms with Crippen molar-refractivity contribution in [3.8, 4) is 5.92 Å². The minimum atomic E-state index is 0.710. The Hall–Kier alpha value is -1.53. The zero-order valence-electron chi connectivity index (χ0n) is 7.86. The molecule has 1 saturated heterocycles. The summed E-state index contributed by atoms with van der Waals surface area (Å²) in [5.74, 6) is 3.25. The Labute approximate surface area is 83.7 Å². The molecule has 0 spiro atoms. The second-order valence-corrected chi connectivity index (χ2v) is 3.13. The molecule has 3 nitrogen and oxygen atoms in total. The zero-order valence-corrected chi connectivity index (χ0v) is 7.86. The summed E-state index contributed by atoms with van der Waals surface area (Å²) in [6.07, 6.45) is 8.60. The van der Waals surface area contributed by atoms with Crippen LogP contribution >= 0.6 is 0 Å². The highest BCUT2D eigenvalue weighted by Crippen LogP contribution is 2.12. The standard InChI is InChI=1S/C11H11N2O/c1-2-10-3-4-11(12-9-10)13-5-7-14-8-6-13/h3-4,9H,5-8H2. The normalized spacial score (nSPS) is 16.4. The van der Waals surface area contributed by atoms with E-state index in [9.17, 15) is 0 Å². The van der Waals surface area contributed by atoms with Gasteiger partial charge in [-0.3, -0.25) is 0 Å². The first-order valence-electron chi connectivity index (χ1n) is 4.61. The Bertz CT molecular complexity index is 333. The summed E-state index contributed by atoms with van der Waals surface area (Å²) in [5.41, 5.74) is 0.710. The number of ether oxygens (including phenoxy) is 1. The van der Waals surface area contributed by atoms with Crippen molar-refractivity contribution >= 4 is 5.82 Å². The van der Waals surface area contributed by atoms with Gasteiger partial charge in [-0.15, -0.1) is 0 Å². The molecular formula is C11H11N2O. The largest absolute Gasteiger partial charge is 0.378 e. The predicted molar refractivity (Wildman–Crippen MR) is 53.5 cm³/mol. The van der Waals surface area contributed by atoms with E-state index in [-0.39, 0.29) is 0 Å². The Morgan fingerprint density at radius 3 is 2.71 bits per heavy atom. The van der Waals surface area contributed by atoms with Gasteiger partial charge in [0.05, 0.1) is 13.2 Å². The summed E-state index contributed by atoms with van der Waals surface area (Å²) in [6, 6.07) is 3.77. The Kier molecular flexibility index (Phi) is 2.66. The van der Waals surface area contributed by atoms with Crippen LogP contribution in [0.4, 0.5) is 5.82 Å². The predicted octanol–water partition coefficient (Wildman–Crippen LogP) is 0.856. The molecule has 1 aliphatic rings. The number of morpholine rings is 1. The number of anilines is 1. The number of rotatable bonds is 1. The van der Waals surface area contributed by atoms with Crippen LogP contribution in [-0.4, -0.2) is 31.3 Å². The first-order valence-corrected chi connectivity index (χ1v) is 4.61. The van der Waals surface area contributed by atoms with Crippen molar-refractivity contribution in [3.05, 3.63) is 30.3 Å². The molecule has 0 saturated carbocycles. The molecule has 0 bridgehead atoms. The smallest absolute Gasteiger partial charge is 0.128 e. The van der Waals surface area contributed by atoms with Crippen molar-refractivity contribution in [2.45, 2.75) is 0 Å². The maximum atomic E-state index is 6.93. The van der Waals surface area contributed by atoms with Crippen LogP contribution in [0.1, 0.15) is 5.56 Å². The van der Waals surface area contributed by atoms with Gasteiger partial charge in [-0.1, -0.05) is 5.92 Å². The Balaban J connectivity index is 2.12. The van der Waals surface area contributed by atoms with E-state index in [4.69, 9.17) is 11.2 Å². The summed E-state index contributed by atoms with van der Waals surface area (Å²) in [6.45, 7) is 3.31. The third-order valence-electron chi connectivity index (χ3n) is 2.23. The third kappa shape index (κ3) is 1.86. The third-order valence-corrected chi connectivity index (χ3v) is 2.23. The molecule has 1 aromatic rings. The summed E-state index contributed by atoms with van der Waals surface area (Å²) in [4.78, 5) is 6.44. The van der Waals surface area contributed by atoms with Crippen LogP contribution in [0.15, 0.2) is 18.3 Å². The Morgan fingerprint density at radius 2 is 2.14 bits per heavy atom. The lowest BCUT2D eigenvalue weighted by atomic mass is 10.3. The van der Waals surface area contributed by atoms with Crippen molar-refractivity contribution < 1.29 is 4.74 Å². The van der Waals surface area contributed by atoms with Gasteiger partial charge in [-0.25, -0.2) is 4.98 Å². The monoisotopic (exact) mass is 187 g/mol. The first kappa shape index (κ1) is 9.04. The van der Waals surface area contributed by atoms with Crippen LogP contribution in [0.25, 0.3) is 0 Å². The van der Waals surface area contributed by atoms with Gasteiger partial charge >= 0.3 is 0 Å². The number of nitrogens with zero attached hydrogens (tertiary/aromatic N) is 2. The van der Waals surface area contributed by atoms with E-state index < -0.39 is 0 Å². The molecule has 0 N–H and O–H groups in total. The zero-order chi connectivity index (χ0) is 9.80. The molecule has 2 rings (SSSR count). The van der Waals surface area contributed by atoms with Gasteiger partial charge in [-0.05, 0) is 18.6 Å². The topological polar surface area (TPSA) is 25.4 Å². The van der Waals surface area contributed by atoms with Crippen LogP contribution < -0.4 is 4.90 Å². The summed E-state index contributed by atoms with van der Waals surface area (Å²) in [7, 11) is 0. The molecule has 0 unspecified atom stereocenters. The van der Waals surface area contributed by atoms with E-state index in [1.54, 1.807) is 6.20 Å². The number of aromatic nitrogens is 1. The summed E-state index contributed by atoms with van der Waals surface area (Å²) in [5, 5.41) is 0. The average molecular weight is 187 g/mol. The average Bonchev–Trinajstić information content (AvgIpc) is 2.30. The number of hydrogen-bond donors (Lipinski definition) is 0. The van der Waals surface area contributed by atoms with Crippen LogP contribution in [0.3, 0.4) is 0 Å². The van der Waals surface area contributed by atoms with Gasteiger partial charge in [0.1, 0.15) is 5.82 Å². The highest BCUT2D eigenvalue weighted by molar-refractivity contribution is 5.42. The number of pyridine rings is 1. The van der Waals surface area contributed by atoms with Gasteiger partial charge in [0, 0.05) is 24.8 Å². The molecule has 14 heavy (non-hydrogen) atoms. The molecule has 3 heteroatoms. The van der Waals surface area contributed by atoms with Gasteiger partial charge in [0.15, 0.2) is 0 Å². The fourth-order valence-corrected chi connectivity index (χ4v) is 1.44. The molecular weight excluding hydrogens is 176 g/mol. The molecule has 1 aromatic heterocycles. The molecule has 71 valence electrons. The molecule has 2 heterocycles. The van der Waals surface area contributed by atoms with E-state index in [1.807, 2.05) is 12.1 Å². The lowest BCUT2D eigenvalue weighted by Gasteiger charge is -2.27. The van der Waals surface area contributed by atoms with E-state index in [0.29, 0.717) is 5.56 Å². The Morgan fingerprint density at radius 1 is 1.36 bits per heavy atom. The maximum Gasteiger partial charge on any atom is 0.128 e. The molecule has 1 radical (unpaired) electrons. The fraction of sp³-hybridized carbons (Fsp3) is 0.364. The molecule has 1 fully saturated rings. The molecule has 0 aliphatic carbocycles. The SMILES string of the molecule is [C]#Cc1ccc(N2CCOCC2)nc1. The van der Waals surface area contributed by atoms with Crippen molar-refractivity contribution in [2.75, 3.05) is 31.2 Å². The quantitative estimate of drug-likeness (QED) is 0.610. The van der Waals surface area contributed by atoms with E-state index in [1.165, 1.54) is 0 Å². The van der Waals surface area contributed by atoms with Crippen LogP contribution in [0.5, 0.6) is 0 Å². The molecule has 0 amide bonds. The van der Waals surface area contributed by atoms with E-state index in [0.717, 1.165) is 32.1 Å². The van der Waals surface area contributed by atoms with Gasteiger partial charge in [-0.2, -0.15) is 0 Å². The van der Waals surface area contributed by atoms with Crippen molar-refractivity contribution in [1.82, 2.24) is 4.98 Å². The molecule has 0 aromatic carbocycles. The molecule has 1 aliphatic heterocycles. The van der Waals surface area contributed by atoms with Gasteiger partial charge in [0.2, 0.25) is 0 Å². The van der Waals surface area contributed by atoms with Crippen LogP contribution in [0.2, 0.25) is 0 Å². The van der Waals surface area contributed by atoms with Crippen LogP contribution in [0, 0.1) is 12.3 Å². The van der Waals surface area contributed by atoms with Crippen molar-refractivity contribution in [1.29, 1.82) is 0 Å². The van der Waals surface area contributed by atoms with E-state index >= 15 is 0 Å². The first-order chi connectivity index (χ1) is 6.90. The molecule has 0 atom stereocenters. The lowest BCUT2D eigenvalue weighted by Crippen LogP contribution is -2.36. The number of hydrogen-bond acceptors (Lipinski definition) is 3. The highest BCUT2D eigenvalue weighted by Gasteiger charge is 2.11. The second kappa shape index (κ2) is 4.12. The lowest BCUT2D eigenvalue weighted by molar-refractivity contribution is 0.122. The second-order valence-electron chi connectivity index (χ2n) is 3.13. The van der Waals surface area contributed by atoms with Crippen LogP contribution in [-0.2, 0) is 4.74 Å². The van der Waals surface area contributed by atoms with Crippen molar-refractivity contribution in [2.24, 2.45) is 0 Å².